The molecule has 0 spiro atoms. The summed E-state index contributed by atoms with van der Waals surface area (Å²) in [6.07, 6.45) is 0.972. The molecule has 28 heavy (non-hydrogen) atoms. The third kappa shape index (κ3) is 5.08. The summed E-state index contributed by atoms with van der Waals surface area (Å²) in [7, 11) is 5.23. The van der Waals surface area contributed by atoms with Crippen LogP contribution in [-0.2, 0) is 17.7 Å². The fraction of sp³-hybridized carbons (Fsp3) is 0.667. The zero-order valence-corrected chi connectivity index (χ0v) is 17.7. The summed E-state index contributed by atoms with van der Waals surface area (Å²) in [6.45, 7) is 9.84. The Labute approximate surface area is 168 Å². The van der Waals surface area contributed by atoms with Gasteiger partial charge in [-0.25, -0.2) is 0 Å². The lowest BCUT2D eigenvalue weighted by molar-refractivity contribution is 0.0320. The topological polar surface area (TPSA) is 58.6 Å². The van der Waals surface area contributed by atoms with E-state index >= 15 is 0 Å². The van der Waals surface area contributed by atoms with Crippen LogP contribution in [-0.4, -0.2) is 83.0 Å². The van der Waals surface area contributed by atoms with E-state index in [0.717, 1.165) is 76.4 Å². The highest BCUT2D eigenvalue weighted by molar-refractivity contribution is 5.80. The molecule has 1 saturated heterocycles. The van der Waals surface area contributed by atoms with Gasteiger partial charge in [-0.05, 0) is 35.6 Å². The first-order valence-corrected chi connectivity index (χ1v) is 10.1. The van der Waals surface area contributed by atoms with Gasteiger partial charge in [0, 0.05) is 46.3 Å². The number of ether oxygens (including phenoxy) is 3. The average Bonchev–Trinajstić information content (AvgIpc) is 2.73. The fourth-order valence-electron chi connectivity index (χ4n) is 3.95. The Morgan fingerprint density at radius 2 is 1.82 bits per heavy atom. The Morgan fingerprint density at radius 1 is 1.14 bits per heavy atom. The Kier molecular flexibility index (Phi) is 7.39. The van der Waals surface area contributed by atoms with Crippen LogP contribution in [0.5, 0.6) is 11.5 Å². The molecular weight excluding hydrogens is 356 g/mol. The third-order valence-electron chi connectivity index (χ3n) is 5.51. The van der Waals surface area contributed by atoms with E-state index in [-0.39, 0.29) is 0 Å². The minimum atomic E-state index is 0.552. The number of hydrogen-bond donors (Lipinski definition) is 1. The molecule has 2 aliphatic heterocycles. The van der Waals surface area contributed by atoms with Crippen molar-refractivity contribution in [1.29, 1.82) is 0 Å². The molecule has 2 aliphatic rings. The second kappa shape index (κ2) is 9.98. The van der Waals surface area contributed by atoms with Gasteiger partial charge in [0.05, 0.1) is 27.4 Å². The molecule has 7 nitrogen and oxygen atoms in total. The Morgan fingerprint density at radius 3 is 2.46 bits per heavy atom. The number of fused-ring (bicyclic) bond motifs is 1. The van der Waals surface area contributed by atoms with Gasteiger partial charge in [-0.2, -0.15) is 0 Å². The molecule has 7 heteroatoms. The molecule has 0 aromatic heterocycles. The first-order valence-electron chi connectivity index (χ1n) is 10.1. The maximum Gasteiger partial charge on any atom is 0.193 e. The maximum absolute atomic E-state index is 5.47. The van der Waals surface area contributed by atoms with Crippen molar-refractivity contribution in [3.05, 3.63) is 23.3 Å². The van der Waals surface area contributed by atoms with E-state index < -0.39 is 0 Å². The van der Waals surface area contributed by atoms with Crippen molar-refractivity contribution in [2.45, 2.75) is 19.9 Å². The van der Waals surface area contributed by atoms with Gasteiger partial charge in [0.25, 0.3) is 0 Å². The highest BCUT2D eigenvalue weighted by atomic mass is 16.5. The Hall–Kier alpha value is -1.99. The van der Waals surface area contributed by atoms with E-state index in [2.05, 4.69) is 39.2 Å². The lowest BCUT2D eigenvalue weighted by atomic mass is 9.99. The minimum Gasteiger partial charge on any atom is -0.493 e. The molecule has 0 amide bonds. The van der Waals surface area contributed by atoms with Crippen LogP contribution in [0.4, 0.5) is 0 Å². The third-order valence-corrected chi connectivity index (χ3v) is 5.51. The summed E-state index contributed by atoms with van der Waals surface area (Å²) in [5, 5.41) is 3.57. The van der Waals surface area contributed by atoms with Crippen LogP contribution < -0.4 is 14.8 Å². The Bertz CT molecular complexity index is 674. The largest absolute Gasteiger partial charge is 0.493 e. The first-order chi connectivity index (χ1) is 13.6. The second-order valence-corrected chi connectivity index (χ2v) is 7.59. The highest BCUT2D eigenvalue weighted by Gasteiger charge is 2.22. The van der Waals surface area contributed by atoms with Gasteiger partial charge < -0.3 is 24.4 Å². The van der Waals surface area contributed by atoms with E-state index in [1.165, 1.54) is 11.1 Å². The van der Waals surface area contributed by atoms with Crippen LogP contribution in [0.25, 0.3) is 0 Å². The van der Waals surface area contributed by atoms with Gasteiger partial charge in [0.2, 0.25) is 0 Å². The number of nitrogens with one attached hydrogen (secondary N) is 1. The van der Waals surface area contributed by atoms with E-state index in [1.807, 2.05) is 7.05 Å². The van der Waals surface area contributed by atoms with Crippen molar-refractivity contribution in [2.75, 3.05) is 67.2 Å². The number of methoxy groups -OCH3 is 2. The standard InChI is InChI=1S/C21H34N4O3/c1-16(14-24-7-9-28-10-8-24)13-23-21(22-2)25-6-5-17-11-19(26-3)20(27-4)12-18(17)15-25/h11-12,16H,5-10,13-15H2,1-4H3,(H,22,23). The van der Waals surface area contributed by atoms with Crippen molar-refractivity contribution in [1.82, 2.24) is 15.1 Å². The number of benzene rings is 1. The van der Waals surface area contributed by atoms with Crippen LogP contribution in [0.15, 0.2) is 17.1 Å². The van der Waals surface area contributed by atoms with Crippen molar-refractivity contribution >= 4 is 5.96 Å². The van der Waals surface area contributed by atoms with Crippen molar-refractivity contribution in [3.8, 4) is 11.5 Å². The lowest BCUT2D eigenvalue weighted by Crippen LogP contribution is -2.47. The number of rotatable bonds is 6. The molecule has 2 heterocycles. The predicted octanol–water partition coefficient (Wildman–Crippen LogP) is 1.61. The number of aliphatic imine (C=N–C) groups is 1. The summed E-state index contributed by atoms with van der Waals surface area (Å²) in [6, 6.07) is 4.20. The number of nitrogens with zero attached hydrogens (tertiary/aromatic N) is 3. The molecule has 1 aromatic carbocycles. The molecule has 3 rings (SSSR count). The molecule has 1 fully saturated rings. The van der Waals surface area contributed by atoms with Gasteiger partial charge >= 0.3 is 0 Å². The molecule has 0 aliphatic carbocycles. The van der Waals surface area contributed by atoms with E-state index in [0.29, 0.717) is 5.92 Å². The first kappa shape index (κ1) is 20.7. The number of hydrogen-bond acceptors (Lipinski definition) is 5. The SMILES string of the molecule is CN=C(NCC(C)CN1CCOCC1)N1CCc2cc(OC)c(OC)cc2C1. The fourth-order valence-corrected chi connectivity index (χ4v) is 3.95. The highest BCUT2D eigenvalue weighted by Crippen LogP contribution is 2.33. The van der Waals surface area contributed by atoms with Gasteiger partial charge in [-0.1, -0.05) is 6.92 Å². The van der Waals surface area contributed by atoms with Crippen LogP contribution in [0.1, 0.15) is 18.1 Å². The number of guanidine groups is 1. The van der Waals surface area contributed by atoms with Gasteiger partial charge in [0.15, 0.2) is 17.5 Å². The molecule has 1 unspecified atom stereocenters. The molecule has 0 saturated carbocycles. The van der Waals surface area contributed by atoms with Crippen LogP contribution in [0.2, 0.25) is 0 Å². The predicted molar refractivity (Wildman–Crippen MR) is 111 cm³/mol. The Balaban J connectivity index is 1.56. The summed E-state index contributed by atoms with van der Waals surface area (Å²) in [5.74, 6) is 3.10. The summed E-state index contributed by atoms with van der Waals surface area (Å²) >= 11 is 0. The normalized spacial score (nSPS) is 19.1. The summed E-state index contributed by atoms with van der Waals surface area (Å²) < 4.78 is 16.3. The minimum absolute atomic E-state index is 0.552. The molecule has 1 aromatic rings. The lowest BCUT2D eigenvalue weighted by Gasteiger charge is -2.33. The molecular formula is C21H34N4O3. The zero-order chi connectivity index (χ0) is 19.9. The van der Waals surface area contributed by atoms with E-state index in [1.54, 1.807) is 14.2 Å². The number of morpholine rings is 1. The van der Waals surface area contributed by atoms with Crippen LogP contribution in [0, 0.1) is 5.92 Å². The maximum atomic E-state index is 5.47. The smallest absolute Gasteiger partial charge is 0.193 e. The van der Waals surface area contributed by atoms with Crippen molar-refractivity contribution in [3.63, 3.8) is 0 Å². The molecule has 1 atom stereocenters. The van der Waals surface area contributed by atoms with Crippen LogP contribution in [0.3, 0.4) is 0 Å². The van der Waals surface area contributed by atoms with Crippen molar-refractivity contribution in [2.24, 2.45) is 10.9 Å². The van der Waals surface area contributed by atoms with Gasteiger partial charge in [-0.3, -0.25) is 9.89 Å². The molecule has 0 radical (unpaired) electrons. The van der Waals surface area contributed by atoms with E-state index in [4.69, 9.17) is 14.2 Å². The quantitative estimate of drug-likeness (QED) is 0.588. The summed E-state index contributed by atoms with van der Waals surface area (Å²) in [4.78, 5) is 9.32. The zero-order valence-electron chi connectivity index (χ0n) is 17.7. The van der Waals surface area contributed by atoms with Gasteiger partial charge in [0.1, 0.15) is 0 Å². The molecule has 0 bridgehead atoms. The summed E-state index contributed by atoms with van der Waals surface area (Å²) in [5.41, 5.74) is 2.60. The molecule has 156 valence electrons. The second-order valence-electron chi connectivity index (χ2n) is 7.59. The van der Waals surface area contributed by atoms with E-state index in [9.17, 15) is 0 Å². The molecule has 1 N–H and O–H groups in total. The monoisotopic (exact) mass is 390 g/mol. The average molecular weight is 391 g/mol. The van der Waals surface area contributed by atoms with Gasteiger partial charge in [-0.15, -0.1) is 0 Å². The van der Waals surface area contributed by atoms with Crippen molar-refractivity contribution < 1.29 is 14.2 Å². The van der Waals surface area contributed by atoms with Crippen LogP contribution >= 0.6 is 0 Å².